The number of benzene rings is 3. The summed E-state index contributed by atoms with van der Waals surface area (Å²) in [5.41, 5.74) is 1.76. The van der Waals surface area contributed by atoms with E-state index in [0.717, 1.165) is 5.56 Å². The second-order valence-corrected chi connectivity index (χ2v) is 5.79. The van der Waals surface area contributed by atoms with E-state index in [1.807, 2.05) is 19.2 Å². The molecular weight excluding hydrogens is 294 g/mol. The topological polar surface area (TPSA) is 20.3 Å². The summed E-state index contributed by atoms with van der Waals surface area (Å²) in [5.74, 6) is -0.00942. The smallest absolute Gasteiger partial charge is 0.253 e. The number of fused-ring (bicyclic) bond motifs is 1. The van der Waals surface area contributed by atoms with Crippen LogP contribution in [-0.4, -0.2) is 17.9 Å². The zero-order chi connectivity index (χ0) is 15.5. The molecule has 0 bridgehead atoms. The highest BCUT2D eigenvalue weighted by Gasteiger charge is 2.12. The van der Waals surface area contributed by atoms with Crippen LogP contribution in [0.5, 0.6) is 0 Å². The minimum Gasteiger partial charge on any atom is -0.337 e. The largest absolute Gasteiger partial charge is 0.337 e. The molecule has 0 fully saturated rings. The van der Waals surface area contributed by atoms with Crippen LogP contribution >= 0.6 is 11.6 Å². The lowest BCUT2D eigenvalue weighted by Crippen LogP contribution is -2.26. The molecule has 110 valence electrons. The lowest BCUT2D eigenvalue weighted by molar-refractivity contribution is 0.0785. The van der Waals surface area contributed by atoms with Gasteiger partial charge in [-0.3, -0.25) is 4.79 Å². The predicted octanol–water partition coefficient (Wildman–Crippen LogP) is 4.77. The van der Waals surface area contributed by atoms with Gasteiger partial charge in [-0.2, -0.15) is 0 Å². The van der Waals surface area contributed by atoms with Crippen LogP contribution in [-0.2, 0) is 6.54 Å². The molecule has 0 saturated heterocycles. The van der Waals surface area contributed by atoms with Crippen LogP contribution in [0.15, 0.2) is 66.7 Å². The van der Waals surface area contributed by atoms with Gasteiger partial charge in [0, 0.05) is 24.2 Å². The normalized spacial score (nSPS) is 10.6. The van der Waals surface area contributed by atoms with E-state index in [1.54, 1.807) is 29.2 Å². The van der Waals surface area contributed by atoms with E-state index in [4.69, 9.17) is 11.6 Å². The standard InChI is InChI=1S/C19H16ClNO/c1-21(19(22)16-8-10-18(20)11-9-16)13-14-6-7-15-4-2-3-5-17(15)12-14/h2-12H,13H2,1H3. The predicted molar refractivity (Wildman–Crippen MR) is 91.2 cm³/mol. The highest BCUT2D eigenvalue weighted by Crippen LogP contribution is 2.17. The first-order chi connectivity index (χ1) is 10.6. The number of hydrogen-bond donors (Lipinski definition) is 0. The van der Waals surface area contributed by atoms with Gasteiger partial charge >= 0.3 is 0 Å². The number of hydrogen-bond acceptors (Lipinski definition) is 1. The zero-order valence-corrected chi connectivity index (χ0v) is 13.0. The molecule has 2 nitrogen and oxygen atoms in total. The van der Waals surface area contributed by atoms with Gasteiger partial charge in [-0.15, -0.1) is 0 Å². The van der Waals surface area contributed by atoms with Crippen LogP contribution in [0.3, 0.4) is 0 Å². The molecule has 1 amide bonds. The van der Waals surface area contributed by atoms with Gasteiger partial charge in [0.1, 0.15) is 0 Å². The Bertz CT molecular complexity index is 811. The van der Waals surface area contributed by atoms with Gasteiger partial charge in [0.2, 0.25) is 0 Å². The SMILES string of the molecule is CN(Cc1ccc2ccccc2c1)C(=O)c1ccc(Cl)cc1. The van der Waals surface area contributed by atoms with Gasteiger partial charge < -0.3 is 4.90 Å². The molecule has 0 saturated carbocycles. The molecule has 0 atom stereocenters. The molecule has 0 aliphatic carbocycles. The number of carbonyl (C=O) groups is 1. The van der Waals surface area contributed by atoms with Crippen LogP contribution in [0.25, 0.3) is 10.8 Å². The summed E-state index contributed by atoms with van der Waals surface area (Å²) < 4.78 is 0. The highest BCUT2D eigenvalue weighted by molar-refractivity contribution is 6.30. The van der Waals surface area contributed by atoms with Gasteiger partial charge in [-0.25, -0.2) is 0 Å². The molecule has 0 unspecified atom stereocenters. The van der Waals surface area contributed by atoms with Crippen LogP contribution in [0, 0.1) is 0 Å². The van der Waals surface area contributed by atoms with Crippen molar-refractivity contribution in [1.29, 1.82) is 0 Å². The second-order valence-electron chi connectivity index (χ2n) is 5.35. The minimum absolute atomic E-state index is 0.00942. The second kappa shape index (κ2) is 6.20. The quantitative estimate of drug-likeness (QED) is 0.682. The molecule has 22 heavy (non-hydrogen) atoms. The highest BCUT2D eigenvalue weighted by atomic mass is 35.5. The van der Waals surface area contributed by atoms with Crippen LogP contribution in [0.4, 0.5) is 0 Å². The van der Waals surface area contributed by atoms with Gasteiger partial charge in [0.15, 0.2) is 0 Å². The number of halogens is 1. The van der Waals surface area contributed by atoms with E-state index in [9.17, 15) is 4.79 Å². The Labute approximate surface area is 134 Å². The number of carbonyl (C=O) groups excluding carboxylic acids is 1. The van der Waals surface area contributed by atoms with E-state index >= 15 is 0 Å². The number of rotatable bonds is 3. The zero-order valence-electron chi connectivity index (χ0n) is 12.3. The Morgan fingerprint density at radius 3 is 2.36 bits per heavy atom. The summed E-state index contributed by atoms with van der Waals surface area (Å²) in [7, 11) is 1.81. The fourth-order valence-electron chi connectivity index (χ4n) is 2.50. The van der Waals surface area contributed by atoms with Crippen molar-refractivity contribution >= 4 is 28.3 Å². The average molecular weight is 310 g/mol. The van der Waals surface area contributed by atoms with Gasteiger partial charge in [0.05, 0.1) is 0 Å². The van der Waals surface area contributed by atoms with Crippen LogP contribution in [0.2, 0.25) is 5.02 Å². The molecule has 0 aliphatic heterocycles. The first-order valence-corrected chi connectivity index (χ1v) is 7.50. The number of amides is 1. The lowest BCUT2D eigenvalue weighted by atomic mass is 10.1. The van der Waals surface area contributed by atoms with E-state index in [1.165, 1.54) is 10.8 Å². The molecule has 0 aromatic heterocycles. The van der Waals surface area contributed by atoms with E-state index < -0.39 is 0 Å². The van der Waals surface area contributed by atoms with Crippen LogP contribution in [0.1, 0.15) is 15.9 Å². The number of nitrogens with zero attached hydrogens (tertiary/aromatic N) is 1. The lowest BCUT2D eigenvalue weighted by Gasteiger charge is -2.17. The first kappa shape index (κ1) is 14.6. The molecule has 3 heteroatoms. The monoisotopic (exact) mass is 309 g/mol. The van der Waals surface area contributed by atoms with Crippen molar-refractivity contribution in [3.63, 3.8) is 0 Å². The Morgan fingerprint density at radius 2 is 1.64 bits per heavy atom. The molecule has 0 heterocycles. The molecular formula is C19H16ClNO. The summed E-state index contributed by atoms with van der Waals surface area (Å²) in [6, 6.07) is 21.5. The van der Waals surface area contributed by atoms with Gasteiger partial charge in [-0.1, -0.05) is 48.0 Å². The van der Waals surface area contributed by atoms with Gasteiger partial charge in [-0.05, 0) is 46.7 Å². The maximum Gasteiger partial charge on any atom is 0.253 e. The van der Waals surface area contributed by atoms with Crippen molar-refractivity contribution in [2.75, 3.05) is 7.05 Å². The summed E-state index contributed by atoms with van der Waals surface area (Å²) in [4.78, 5) is 14.1. The molecule has 0 N–H and O–H groups in total. The van der Waals surface area contributed by atoms with E-state index in [0.29, 0.717) is 17.1 Å². The Kier molecular flexibility index (Phi) is 4.12. The molecule has 3 aromatic carbocycles. The van der Waals surface area contributed by atoms with E-state index in [-0.39, 0.29) is 5.91 Å². The third-order valence-corrected chi connectivity index (χ3v) is 3.92. The summed E-state index contributed by atoms with van der Waals surface area (Å²) >= 11 is 5.86. The first-order valence-electron chi connectivity index (χ1n) is 7.12. The summed E-state index contributed by atoms with van der Waals surface area (Å²) in [6.45, 7) is 0.576. The van der Waals surface area contributed by atoms with Crippen molar-refractivity contribution < 1.29 is 4.79 Å². The van der Waals surface area contributed by atoms with Crippen LogP contribution < -0.4 is 0 Å². The van der Waals surface area contributed by atoms with Crippen molar-refractivity contribution in [3.05, 3.63) is 82.9 Å². The fraction of sp³-hybridized carbons (Fsp3) is 0.105. The maximum absolute atomic E-state index is 12.4. The average Bonchev–Trinajstić information content (AvgIpc) is 2.55. The molecule has 0 radical (unpaired) electrons. The van der Waals surface area contributed by atoms with Crippen molar-refractivity contribution in [1.82, 2.24) is 4.90 Å². The minimum atomic E-state index is -0.00942. The Balaban J connectivity index is 1.78. The maximum atomic E-state index is 12.4. The van der Waals surface area contributed by atoms with E-state index in [2.05, 4.69) is 30.3 Å². The van der Waals surface area contributed by atoms with Crippen molar-refractivity contribution in [3.8, 4) is 0 Å². The third-order valence-electron chi connectivity index (χ3n) is 3.67. The van der Waals surface area contributed by atoms with Gasteiger partial charge in [0.25, 0.3) is 5.91 Å². The Morgan fingerprint density at radius 1 is 0.955 bits per heavy atom. The van der Waals surface area contributed by atoms with Crippen molar-refractivity contribution in [2.24, 2.45) is 0 Å². The molecule has 0 spiro atoms. The molecule has 3 aromatic rings. The summed E-state index contributed by atoms with van der Waals surface area (Å²) in [5, 5.41) is 3.03. The molecule has 0 aliphatic rings. The Hall–Kier alpha value is -2.32. The third kappa shape index (κ3) is 3.12. The molecule has 3 rings (SSSR count). The van der Waals surface area contributed by atoms with Crippen molar-refractivity contribution in [2.45, 2.75) is 6.54 Å². The fourth-order valence-corrected chi connectivity index (χ4v) is 2.62. The summed E-state index contributed by atoms with van der Waals surface area (Å²) in [6.07, 6.45) is 0.